The smallest absolute Gasteiger partial charge is 0.203 e. The molecule has 0 aliphatic heterocycles. The summed E-state index contributed by atoms with van der Waals surface area (Å²) in [5.74, 6) is -0.287. The number of nitriles is 1. The van der Waals surface area contributed by atoms with Crippen molar-refractivity contribution in [1.29, 1.82) is 5.26 Å². The van der Waals surface area contributed by atoms with Gasteiger partial charge in [-0.25, -0.2) is 0 Å². The summed E-state index contributed by atoms with van der Waals surface area (Å²) in [5, 5.41) is 9.68. The first-order chi connectivity index (χ1) is 9.10. The van der Waals surface area contributed by atoms with E-state index in [1.165, 1.54) is 0 Å². The lowest BCUT2D eigenvalue weighted by Gasteiger charge is -1.99. The Balaban J connectivity index is 2.32. The lowest BCUT2D eigenvalue weighted by Crippen LogP contribution is -2.01. The fraction of sp³-hybridized carbons (Fsp3) is 0.0667. The minimum Gasteiger partial charge on any atom is -0.288 e. The SMILES string of the molecule is Cc1ccc(/C=C(\C#N)C(=O)c2ccc(Cl)cc2)s1. The van der Waals surface area contributed by atoms with Crippen LogP contribution >= 0.6 is 22.9 Å². The first-order valence-corrected chi connectivity index (χ1v) is 6.78. The van der Waals surface area contributed by atoms with Gasteiger partial charge in [-0.2, -0.15) is 5.26 Å². The van der Waals surface area contributed by atoms with E-state index in [1.54, 1.807) is 41.7 Å². The van der Waals surface area contributed by atoms with Gasteiger partial charge in [-0.05, 0) is 49.4 Å². The number of nitrogens with zero attached hydrogens (tertiary/aromatic N) is 1. The summed E-state index contributed by atoms with van der Waals surface area (Å²) >= 11 is 7.32. The molecule has 2 rings (SSSR count). The average Bonchev–Trinajstić information content (AvgIpc) is 2.81. The van der Waals surface area contributed by atoms with Gasteiger partial charge in [-0.1, -0.05) is 11.6 Å². The molecular weight excluding hydrogens is 278 g/mol. The minimum atomic E-state index is -0.287. The molecule has 0 radical (unpaired) electrons. The van der Waals surface area contributed by atoms with E-state index >= 15 is 0 Å². The average molecular weight is 288 g/mol. The maximum atomic E-state index is 12.2. The Morgan fingerprint density at radius 1 is 1.26 bits per heavy atom. The highest BCUT2D eigenvalue weighted by Gasteiger charge is 2.12. The molecule has 0 bridgehead atoms. The number of rotatable bonds is 3. The number of benzene rings is 1. The van der Waals surface area contributed by atoms with Gasteiger partial charge in [0.2, 0.25) is 5.78 Å². The van der Waals surface area contributed by atoms with Crippen molar-refractivity contribution in [1.82, 2.24) is 0 Å². The Morgan fingerprint density at radius 2 is 1.95 bits per heavy atom. The predicted molar refractivity (Wildman–Crippen MR) is 78.4 cm³/mol. The van der Waals surface area contributed by atoms with Crippen LogP contribution in [0.25, 0.3) is 6.08 Å². The van der Waals surface area contributed by atoms with Crippen LogP contribution in [0, 0.1) is 18.3 Å². The van der Waals surface area contributed by atoms with E-state index in [0.29, 0.717) is 10.6 Å². The summed E-state index contributed by atoms with van der Waals surface area (Å²) in [6.07, 6.45) is 1.62. The number of hydrogen-bond donors (Lipinski definition) is 0. The number of allylic oxidation sites excluding steroid dienone is 1. The molecule has 2 nitrogen and oxygen atoms in total. The highest BCUT2D eigenvalue weighted by atomic mass is 35.5. The molecule has 0 aliphatic rings. The first kappa shape index (κ1) is 13.5. The first-order valence-electron chi connectivity index (χ1n) is 5.58. The minimum absolute atomic E-state index is 0.129. The largest absolute Gasteiger partial charge is 0.288 e. The number of carbonyl (C=O) groups excluding carboxylic acids is 1. The van der Waals surface area contributed by atoms with Crippen LogP contribution in [0.15, 0.2) is 42.0 Å². The fourth-order valence-electron chi connectivity index (χ4n) is 1.58. The fourth-order valence-corrected chi connectivity index (χ4v) is 2.53. The van der Waals surface area contributed by atoms with E-state index in [-0.39, 0.29) is 11.4 Å². The molecule has 1 aromatic carbocycles. The molecule has 1 heterocycles. The number of thiophene rings is 1. The molecular formula is C15H10ClNOS. The van der Waals surface area contributed by atoms with Crippen molar-refractivity contribution in [3.8, 4) is 6.07 Å². The zero-order valence-corrected chi connectivity index (χ0v) is 11.8. The van der Waals surface area contributed by atoms with E-state index in [1.807, 2.05) is 25.1 Å². The second-order valence-electron chi connectivity index (χ2n) is 3.95. The number of halogens is 1. The van der Waals surface area contributed by atoms with Crippen molar-refractivity contribution >= 4 is 34.8 Å². The van der Waals surface area contributed by atoms with Crippen molar-refractivity contribution in [2.45, 2.75) is 6.92 Å². The quantitative estimate of drug-likeness (QED) is 0.474. The van der Waals surface area contributed by atoms with E-state index in [9.17, 15) is 4.79 Å². The summed E-state index contributed by atoms with van der Waals surface area (Å²) in [6, 6.07) is 12.3. The standard InChI is InChI=1S/C15H10ClNOS/c1-10-2-7-14(19-10)8-12(9-17)15(18)11-3-5-13(16)6-4-11/h2-8H,1H3/b12-8+. The van der Waals surface area contributed by atoms with Crippen molar-refractivity contribution in [3.05, 3.63) is 62.3 Å². The number of ketones is 1. The van der Waals surface area contributed by atoms with Crippen LogP contribution in [0.3, 0.4) is 0 Å². The summed E-state index contributed by atoms with van der Waals surface area (Å²) in [4.78, 5) is 14.2. The number of carbonyl (C=O) groups is 1. The van der Waals surface area contributed by atoms with Gasteiger partial charge in [0.05, 0.1) is 0 Å². The molecule has 94 valence electrons. The van der Waals surface area contributed by atoms with Gasteiger partial charge in [0.15, 0.2) is 0 Å². The highest BCUT2D eigenvalue weighted by molar-refractivity contribution is 7.12. The molecule has 0 atom stereocenters. The number of aryl methyl sites for hydroxylation is 1. The Kier molecular flexibility index (Phi) is 4.16. The Hall–Kier alpha value is -1.89. The van der Waals surface area contributed by atoms with Crippen molar-refractivity contribution in [2.24, 2.45) is 0 Å². The van der Waals surface area contributed by atoms with Crippen LogP contribution < -0.4 is 0 Å². The molecule has 0 saturated carbocycles. The topological polar surface area (TPSA) is 40.9 Å². The van der Waals surface area contributed by atoms with Gasteiger partial charge >= 0.3 is 0 Å². The summed E-state index contributed by atoms with van der Waals surface area (Å²) in [6.45, 7) is 1.98. The van der Waals surface area contributed by atoms with Crippen molar-refractivity contribution in [3.63, 3.8) is 0 Å². The number of Topliss-reactive ketones (excluding diaryl/α,β-unsaturated/α-hetero) is 1. The molecule has 0 unspecified atom stereocenters. The molecule has 4 heteroatoms. The third kappa shape index (κ3) is 3.31. The molecule has 2 aromatic rings. The summed E-state index contributed by atoms with van der Waals surface area (Å²) < 4.78 is 0. The van der Waals surface area contributed by atoms with Gasteiger partial charge in [0.25, 0.3) is 0 Å². The lowest BCUT2D eigenvalue weighted by atomic mass is 10.0. The molecule has 19 heavy (non-hydrogen) atoms. The lowest BCUT2D eigenvalue weighted by molar-refractivity contribution is 0.104. The predicted octanol–water partition coefficient (Wildman–Crippen LogP) is 4.50. The van der Waals surface area contributed by atoms with Gasteiger partial charge in [0.1, 0.15) is 11.6 Å². The molecule has 0 saturated heterocycles. The van der Waals surface area contributed by atoms with Crippen LogP contribution in [-0.4, -0.2) is 5.78 Å². The van der Waals surface area contributed by atoms with Crippen molar-refractivity contribution in [2.75, 3.05) is 0 Å². The molecule has 0 amide bonds. The van der Waals surface area contributed by atoms with Crippen LogP contribution in [0.1, 0.15) is 20.1 Å². The molecule has 0 spiro atoms. The monoisotopic (exact) mass is 287 g/mol. The Bertz CT molecular complexity index is 677. The molecule has 0 fully saturated rings. The second kappa shape index (κ2) is 5.83. The van der Waals surface area contributed by atoms with Gasteiger partial charge in [-0.3, -0.25) is 4.79 Å². The number of hydrogen-bond acceptors (Lipinski definition) is 3. The molecule has 1 aromatic heterocycles. The van der Waals surface area contributed by atoms with Crippen LogP contribution in [0.2, 0.25) is 5.02 Å². The molecule has 0 N–H and O–H groups in total. The van der Waals surface area contributed by atoms with E-state index in [4.69, 9.17) is 16.9 Å². The van der Waals surface area contributed by atoms with Gasteiger partial charge < -0.3 is 0 Å². The second-order valence-corrected chi connectivity index (χ2v) is 5.71. The third-order valence-corrected chi connectivity index (χ3v) is 3.72. The van der Waals surface area contributed by atoms with E-state index in [0.717, 1.165) is 9.75 Å². The Morgan fingerprint density at radius 3 is 2.47 bits per heavy atom. The molecule has 0 aliphatic carbocycles. The highest BCUT2D eigenvalue weighted by Crippen LogP contribution is 2.20. The maximum Gasteiger partial charge on any atom is 0.203 e. The van der Waals surface area contributed by atoms with Crippen molar-refractivity contribution < 1.29 is 4.79 Å². The van der Waals surface area contributed by atoms with Crippen LogP contribution in [0.5, 0.6) is 0 Å². The van der Waals surface area contributed by atoms with Crippen LogP contribution in [0.4, 0.5) is 0 Å². The summed E-state index contributed by atoms with van der Waals surface area (Å²) in [5.41, 5.74) is 0.592. The zero-order chi connectivity index (χ0) is 13.8. The normalized spacial score (nSPS) is 11.1. The van der Waals surface area contributed by atoms with Gasteiger partial charge in [0, 0.05) is 20.3 Å². The van der Waals surface area contributed by atoms with E-state index in [2.05, 4.69) is 0 Å². The van der Waals surface area contributed by atoms with E-state index < -0.39 is 0 Å². The third-order valence-electron chi connectivity index (χ3n) is 2.52. The maximum absolute atomic E-state index is 12.2. The van der Waals surface area contributed by atoms with Gasteiger partial charge in [-0.15, -0.1) is 11.3 Å². The Labute approximate surface area is 120 Å². The summed E-state index contributed by atoms with van der Waals surface area (Å²) in [7, 11) is 0. The zero-order valence-electron chi connectivity index (χ0n) is 10.2. The van der Waals surface area contributed by atoms with Crippen LogP contribution in [-0.2, 0) is 0 Å².